The third-order valence-corrected chi connectivity index (χ3v) is 9.42. The maximum atomic E-state index is 15.6. The molecule has 0 aliphatic carbocycles. The van der Waals surface area contributed by atoms with E-state index in [-0.39, 0.29) is 23.8 Å². The molecule has 1 aromatic heterocycles. The molecule has 4 aliphatic rings. The van der Waals surface area contributed by atoms with Crippen molar-refractivity contribution < 1.29 is 18.7 Å². The SMILES string of the molecule is CC1(C)CN(C(=O)C2=CC=NC2)C[C@@H](F)[C@H]1Oc1ccc(-c2ncnc(Nc3ccc(N4CCN(C5COC5)CC4)cc3)n2)cc1C#N. The lowest BCUT2D eigenvalue weighted by molar-refractivity contribution is -0.137. The summed E-state index contributed by atoms with van der Waals surface area (Å²) in [7, 11) is 0. The Kier molecular flexibility index (Phi) is 8.77. The minimum atomic E-state index is -1.45. The van der Waals surface area contributed by atoms with Crippen LogP contribution in [0.25, 0.3) is 11.4 Å². The van der Waals surface area contributed by atoms with E-state index in [1.54, 1.807) is 30.5 Å². The number of nitrogens with one attached hydrogen (secondary N) is 1. The van der Waals surface area contributed by atoms with Gasteiger partial charge in [-0.1, -0.05) is 13.8 Å². The van der Waals surface area contributed by atoms with Gasteiger partial charge >= 0.3 is 0 Å². The number of hydrogen-bond acceptors (Lipinski definition) is 11. The predicted molar refractivity (Wildman–Crippen MR) is 179 cm³/mol. The first-order chi connectivity index (χ1) is 23.3. The van der Waals surface area contributed by atoms with Crippen molar-refractivity contribution >= 4 is 29.4 Å². The number of ether oxygens (including phenoxy) is 2. The molecule has 5 heterocycles. The number of benzene rings is 2. The zero-order valence-electron chi connectivity index (χ0n) is 27.0. The average molecular weight is 652 g/mol. The van der Waals surface area contributed by atoms with E-state index in [4.69, 9.17) is 9.47 Å². The minimum Gasteiger partial charge on any atom is -0.485 e. The van der Waals surface area contributed by atoms with Gasteiger partial charge in [-0.15, -0.1) is 0 Å². The van der Waals surface area contributed by atoms with Crippen molar-refractivity contribution in [3.63, 3.8) is 0 Å². The van der Waals surface area contributed by atoms with Gasteiger partial charge in [0.25, 0.3) is 5.91 Å². The summed E-state index contributed by atoms with van der Waals surface area (Å²) in [5, 5.41) is 13.2. The molecule has 0 radical (unpaired) electrons. The Morgan fingerprint density at radius 1 is 1.10 bits per heavy atom. The summed E-state index contributed by atoms with van der Waals surface area (Å²) < 4.78 is 27.1. The number of likely N-dealkylation sites (tertiary alicyclic amines) is 1. The molecule has 0 unspecified atom stereocenters. The molecule has 7 rings (SSSR count). The number of piperidine rings is 1. The maximum Gasteiger partial charge on any atom is 0.251 e. The first kappa shape index (κ1) is 31.7. The number of halogens is 1. The largest absolute Gasteiger partial charge is 0.485 e. The molecule has 3 saturated heterocycles. The molecule has 13 heteroatoms. The number of hydrogen-bond donors (Lipinski definition) is 1. The van der Waals surface area contributed by atoms with Crippen LogP contribution in [0.3, 0.4) is 0 Å². The summed E-state index contributed by atoms with van der Waals surface area (Å²) in [6.07, 6.45) is 2.37. The molecule has 2 aromatic carbocycles. The highest BCUT2D eigenvalue weighted by Crippen LogP contribution is 2.37. The highest BCUT2D eigenvalue weighted by Gasteiger charge is 2.46. The van der Waals surface area contributed by atoms with Gasteiger partial charge in [-0.25, -0.2) is 14.4 Å². The minimum absolute atomic E-state index is 0.0961. The molecule has 48 heavy (non-hydrogen) atoms. The van der Waals surface area contributed by atoms with Crippen molar-refractivity contribution in [3.05, 3.63) is 66.0 Å². The molecule has 3 fully saturated rings. The molecule has 1 N–H and O–H groups in total. The molecule has 3 aromatic rings. The number of carbonyl (C=O) groups excluding carboxylic acids is 1. The number of allylic oxidation sites excluding steroid dienone is 1. The number of aromatic nitrogens is 3. The van der Waals surface area contributed by atoms with Gasteiger partial charge in [0.1, 0.15) is 24.3 Å². The molecule has 4 aliphatic heterocycles. The topological polar surface area (TPSA) is 132 Å². The number of alkyl halides is 1. The summed E-state index contributed by atoms with van der Waals surface area (Å²) in [5.74, 6) is 0.796. The van der Waals surface area contributed by atoms with Crippen LogP contribution in [0.1, 0.15) is 19.4 Å². The fourth-order valence-electron chi connectivity index (χ4n) is 6.67. The number of carbonyl (C=O) groups is 1. The first-order valence-corrected chi connectivity index (χ1v) is 16.2. The Bertz CT molecular complexity index is 1760. The van der Waals surface area contributed by atoms with E-state index >= 15 is 4.39 Å². The highest BCUT2D eigenvalue weighted by molar-refractivity contribution is 5.99. The Hall–Kier alpha value is -4.93. The molecule has 0 bridgehead atoms. The number of anilines is 3. The smallest absolute Gasteiger partial charge is 0.251 e. The van der Waals surface area contributed by atoms with Crippen LogP contribution in [0.4, 0.5) is 21.7 Å². The Labute approximate surface area is 278 Å². The maximum absolute atomic E-state index is 15.6. The van der Waals surface area contributed by atoms with Crippen molar-refractivity contribution in [1.29, 1.82) is 5.26 Å². The number of rotatable bonds is 8. The second-order valence-corrected chi connectivity index (χ2v) is 13.3. The van der Waals surface area contributed by atoms with Crippen molar-refractivity contribution in [1.82, 2.24) is 24.8 Å². The first-order valence-electron chi connectivity index (χ1n) is 16.2. The van der Waals surface area contributed by atoms with Crippen molar-refractivity contribution in [2.75, 3.05) is 69.2 Å². The molecule has 1 amide bonds. The van der Waals surface area contributed by atoms with Crippen LogP contribution in [0, 0.1) is 16.7 Å². The van der Waals surface area contributed by atoms with Crippen LogP contribution in [-0.4, -0.2) is 114 Å². The lowest BCUT2D eigenvalue weighted by Crippen LogP contribution is -2.59. The van der Waals surface area contributed by atoms with E-state index in [0.717, 1.165) is 45.1 Å². The summed E-state index contributed by atoms with van der Waals surface area (Å²) >= 11 is 0. The van der Waals surface area contributed by atoms with Gasteiger partial charge in [0.05, 0.1) is 37.9 Å². The summed E-state index contributed by atoms with van der Waals surface area (Å²) in [6.45, 7) is 9.98. The second kappa shape index (κ2) is 13.3. The van der Waals surface area contributed by atoms with Gasteiger partial charge in [-0.05, 0) is 48.5 Å². The van der Waals surface area contributed by atoms with E-state index in [2.05, 4.69) is 53.3 Å². The summed E-state index contributed by atoms with van der Waals surface area (Å²) in [5.41, 5.74) is 2.67. The van der Waals surface area contributed by atoms with Crippen LogP contribution >= 0.6 is 0 Å². The normalized spacial score (nSPS) is 22.5. The van der Waals surface area contributed by atoms with Crippen LogP contribution in [0.2, 0.25) is 0 Å². The van der Waals surface area contributed by atoms with E-state index < -0.39 is 17.7 Å². The molecule has 12 nitrogen and oxygen atoms in total. The quantitative estimate of drug-likeness (QED) is 0.385. The third kappa shape index (κ3) is 6.58. The van der Waals surface area contributed by atoms with Gasteiger partial charge in [0, 0.05) is 66.9 Å². The fourth-order valence-corrected chi connectivity index (χ4v) is 6.67. The van der Waals surface area contributed by atoms with Crippen molar-refractivity contribution in [2.45, 2.75) is 32.2 Å². The van der Waals surface area contributed by atoms with Gasteiger partial charge in [0.2, 0.25) is 5.95 Å². The highest BCUT2D eigenvalue weighted by atomic mass is 19.1. The van der Waals surface area contributed by atoms with Gasteiger partial charge < -0.3 is 24.6 Å². The van der Waals surface area contributed by atoms with Crippen LogP contribution in [-0.2, 0) is 9.53 Å². The zero-order valence-corrected chi connectivity index (χ0v) is 27.0. The number of nitriles is 1. The van der Waals surface area contributed by atoms with Crippen molar-refractivity contribution in [2.24, 2.45) is 10.4 Å². The molecule has 2 atom stereocenters. The van der Waals surface area contributed by atoms with Crippen LogP contribution in [0.15, 0.2) is 65.4 Å². The second-order valence-electron chi connectivity index (χ2n) is 13.3. The Balaban J connectivity index is 0.995. The lowest BCUT2D eigenvalue weighted by atomic mass is 9.79. The molecule has 248 valence electrons. The van der Waals surface area contributed by atoms with Crippen molar-refractivity contribution in [3.8, 4) is 23.2 Å². The number of piperazine rings is 1. The van der Waals surface area contributed by atoms with Gasteiger partial charge in [-0.2, -0.15) is 10.2 Å². The predicted octanol–water partition coefficient (Wildman–Crippen LogP) is 3.64. The molecular formula is C35H38FN9O3. The van der Waals surface area contributed by atoms with Gasteiger partial charge in [-0.3, -0.25) is 14.7 Å². The van der Waals surface area contributed by atoms with Crippen LogP contribution < -0.4 is 15.0 Å². The third-order valence-electron chi connectivity index (χ3n) is 9.42. The fraction of sp³-hybridized carbons (Fsp3) is 0.429. The van der Waals surface area contributed by atoms with Gasteiger partial charge in [0.15, 0.2) is 12.0 Å². The van der Waals surface area contributed by atoms with E-state index in [0.29, 0.717) is 42.0 Å². The standard InChI is InChI=1S/C35H38FN9O3/c1-35(2)21-45(33(46)24-9-10-38-17-24)18-29(36)31(35)48-30-8-3-23(15-25(30)16-37)32-39-22-40-34(42-32)41-26-4-6-27(7-5-26)43-11-13-44(14-12-43)28-19-47-20-28/h3-10,15,22,28-29,31H,11-14,17-21H2,1-2H3,(H,39,40,41,42)/t29-,31-/m1/s1. The average Bonchev–Trinajstić information content (AvgIpc) is 3.61. The number of amides is 1. The van der Waals surface area contributed by atoms with Crippen LogP contribution in [0.5, 0.6) is 5.75 Å². The summed E-state index contributed by atoms with van der Waals surface area (Å²) in [4.78, 5) is 36.6. The number of aliphatic imine (C=N–C) groups is 1. The number of nitrogens with zero attached hydrogens (tertiary/aromatic N) is 8. The lowest BCUT2D eigenvalue weighted by Gasteiger charge is -2.45. The molecule has 0 saturated carbocycles. The van der Waals surface area contributed by atoms with E-state index in [1.807, 2.05) is 26.0 Å². The Morgan fingerprint density at radius 2 is 1.90 bits per heavy atom. The van der Waals surface area contributed by atoms with E-state index in [9.17, 15) is 10.1 Å². The zero-order chi connectivity index (χ0) is 33.3. The Morgan fingerprint density at radius 3 is 2.56 bits per heavy atom. The monoisotopic (exact) mass is 651 g/mol. The van der Waals surface area contributed by atoms with E-state index in [1.165, 1.54) is 16.9 Å². The summed E-state index contributed by atoms with van der Waals surface area (Å²) in [6, 6.07) is 16.0. The molecular weight excluding hydrogens is 613 g/mol. The molecule has 0 spiro atoms.